The predicted octanol–water partition coefficient (Wildman–Crippen LogP) is 0.690. The Kier molecular flexibility index (Phi) is 2.88. The van der Waals surface area contributed by atoms with Gasteiger partial charge in [0, 0.05) is 6.92 Å². The highest BCUT2D eigenvalue weighted by atomic mass is 16.5. The lowest BCUT2D eigenvalue weighted by Crippen LogP contribution is -2.41. The Morgan fingerprint density at radius 2 is 2.27 bits per heavy atom. The van der Waals surface area contributed by atoms with Gasteiger partial charge in [0.1, 0.15) is 0 Å². The quantitative estimate of drug-likeness (QED) is 0.608. The molecule has 1 amide bonds. The molecule has 1 N–H and O–H groups in total. The summed E-state index contributed by atoms with van der Waals surface area (Å²) in [5, 5.41) is 2.84. The lowest BCUT2D eigenvalue weighted by molar-refractivity contribution is -0.121. The van der Waals surface area contributed by atoms with Gasteiger partial charge in [-0.1, -0.05) is 0 Å². The van der Waals surface area contributed by atoms with Gasteiger partial charge in [-0.3, -0.25) is 4.79 Å². The van der Waals surface area contributed by atoms with Crippen molar-refractivity contribution in [3.05, 3.63) is 0 Å². The van der Waals surface area contributed by atoms with Crippen LogP contribution in [-0.4, -0.2) is 24.7 Å². The number of amides is 1. The Morgan fingerprint density at radius 1 is 1.55 bits per heavy atom. The van der Waals surface area contributed by atoms with E-state index in [4.69, 9.17) is 4.74 Å². The van der Waals surface area contributed by atoms with Crippen LogP contribution in [0, 0.1) is 0 Å². The van der Waals surface area contributed by atoms with Gasteiger partial charge in [-0.15, -0.1) is 0 Å². The van der Waals surface area contributed by atoms with Gasteiger partial charge in [0.25, 0.3) is 0 Å². The number of hydrogen-bond acceptors (Lipinski definition) is 2. The number of carbonyl (C=O) groups is 1. The van der Waals surface area contributed by atoms with Crippen molar-refractivity contribution in [2.45, 2.75) is 38.8 Å². The SMILES string of the molecule is CC(=O)NC1CCC(C)OC1. The molecule has 0 aromatic rings. The summed E-state index contributed by atoms with van der Waals surface area (Å²) in [4.78, 5) is 10.6. The summed E-state index contributed by atoms with van der Waals surface area (Å²) in [5.41, 5.74) is 0. The van der Waals surface area contributed by atoms with E-state index in [1.807, 2.05) is 0 Å². The molecule has 1 fully saturated rings. The van der Waals surface area contributed by atoms with E-state index in [0.717, 1.165) is 12.8 Å². The van der Waals surface area contributed by atoms with Crippen LogP contribution >= 0.6 is 0 Å². The van der Waals surface area contributed by atoms with Gasteiger partial charge in [0.2, 0.25) is 5.91 Å². The number of carbonyl (C=O) groups excluding carboxylic acids is 1. The molecule has 0 spiro atoms. The van der Waals surface area contributed by atoms with Crippen LogP contribution in [0.1, 0.15) is 26.7 Å². The van der Waals surface area contributed by atoms with Crippen molar-refractivity contribution in [1.29, 1.82) is 0 Å². The Balaban J connectivity index is 2.22. The molecule has 1 aliphatic heterocycles. The monoisotopic (exact) mass is 157 g/mol. The van der Waals surface area contributed by atoms with Crippen molar-refractivity contribution in [1.82, 2.24) is 5.32 Å². The van der Waals surface area contributed by atoms with Crippen LogP contribution in [0.3, 0.4) is 0 Å². The molecular formula is C8H15NO2. The molecule has 0 aliphatic carbocycles. The lowest BCUT2D eigenvalue weighted by Gasteiger charge is -2.26. The van der Waals surface area contributed by atoms with Gasteiger partial charge in [-0.25, -0.2) is 0 Å². The molecule has 1 rings (SSSR count). The molecule has 1 aliphatic rings. The van der Waals surface area contributed by atoms with E-state index in [0.29, 0.717) is 12.7 Å². The van der Waals surface area contributed by atoms with Crippen molar-refractivity contribution < 1.29 is 9.53 Å². The van der Waals surface area contributed by atoms with Crippen LogP contribution in [0.15, 0.2) is 0 Å². The third-order valence-electron chi connectivity index (χ3n) is 1.91. The maximum absolute atomic E-state index is 10.6. The molecule has 0 saturated carbocycles. The molecule has 0 aromatic carbocycles. The zero-order chi connectivity index (χ0) is 8.27. The van der Waals surface area contributed by atoms with Crippen molar-refractivity contribution in [3.63, 3.8) is 0 Å². The molecule has 11 heavy (non-hydrogen) atoms. The van der Waals surface area contributed by atoms with Gasteiger partial charge < -0.3 is 10.1 Å². The van der Waals surface area contributed by atoms with Crippen molar-refractivity contribution in [3.8, 4) is 0 Å². The third kappa shape index (κ3) is 2.89. The fourth-order valence-electron chi connectivity index (χ4n) is 1.28. The van der Waals surface area contributed by atoms with E-state index in [-0.39, 0.29) is 11.9 Å². The smallest absolute Gasteiger partial charge is 0.217 e. The van der Waals surface area contributed by atoms with E-state index < -0.39 is 0 Å². The molecule has 3 nitrogen and oxygen atoms in total. The van der Waals surface area contributed by atoms with Gasteiger partial charge in [-0.2, -0.15) is 0 Å². The minimum Gasteiger partial charge on any atom is -0.376 e. The van der Waals surface area contributed by atoms with Gasteiger partial charge in [0.05, 0.1) is 18.8 Å². The molecule has 1 heterocycles. The molecule has 2 atom stereocenters. The second-order valence-corrected chi connectivity index (χ2v) is 3.12. The maximum atomic E-state index is 10.6. The van der Waals surface area contributed by atoms with Crippen LogP contribution in [0.25, 0.3) is 0 Å². The lowest BCUT2D eigenvalue weighted by atomic mass is 10.1. The highest BCUT2D eigenvalue weighted by Crippen LogP contribution is 2.12. The van der Waals surface area contributed by atoms with Gasteiger partial charge in [0.15, 0.2) is 0 Å². The summed E-state index contributed by atoms with van der Waals surface area (Å²) in [6, 6.07) is 0.240. The van der Waals surface area contributed by atoms with E-state index in [1.54, 1.807) is 0 Å². The molecular weight excluding hydrogens is 142 g/mol. The normalized spacial score (nSPS) is 31.5. The third-order valence-corrected chi connectivity index (χ3v) is 1.91. The zero-order valence-corrected chi connectivity index (χ0v) is 7.09. The maximum Gasteiger partial charge on any atom is 0.217 e. The second kappa shape index (κ2) is 3.72. The summed E-state index contributed by atoms with van der Waals surface area (Å²) in [6.45, 7) is 4.27. The summed E-state index contributed by atoms with van der Waals surface area (Å²) >= 11 is 0. The van der Waals surface area contributed by atoms with E-state index in [9.17, 15) is 4.79 Å². The summed E-state index contributed by atoms with van der Waals surface area (Å²) in [5.74, 6) is 0.0353. The Labute approximate surface area is 67.1 Å². The second-order valence-electron chi connectivity index (χ2n) is 3.12. The molecule has 1 saturated heterocycles. The van der Waals surface area contributed by atoms with Crippen LogP contribution in [0.2, 0.25) is 0 Å². The van der Waals surface area contributed by atoms with Crippen LogP contribution in [0.4, 0.5) is 0 Å². The van der Waals surface area contributed by atoms with Crippen LogP contribution in [0.5, 0.6) is 0 Å². The van der Waals surface area contributed by atoms with E-state index in [2.05, 4.69) is 12.2 Å². The molecule has 3 heteroatoms. The zero-order valence-electron chi connectivity index (χ0n) is 7.09. The molecule has 0 radical (unpaired) electrons. The summed E-state index contributed by atoms with van der Waals surface area (Å²) in [6.07, 6.45) is 2.45. The highest BCUT2D eigenvalue weighted by molar-refractivity contribution is 5.73. The number of rotatable bonds is 1. The summed E-state index contributed by atoms with van der Waals surface area (Å²) < 4.78 is 5.38. The van der Waals surface area contributed by atoms with E-state index in [1.165, 1.54) is 6.92 Å². The number of ether oxygens (including phenoxy) is 1. The molecule has 0 aromatic heterocycles. The average Bonchev–Trinajstić information content (AvgIpc) is 1.93. The summed E-state index contributed by atoms with van der Waals surface area (Å²) in [7, 11) is 0. The molecule has 2 unspecified atom stereocenters. The van der Waals surface area contributed by atoms with Crippen molar-refractivity contribution >= 4 is 5.91 Å². The fourth-order valence-corrected chi connectivity index (χ4v) is 1.28. The van der Waals surface area contributed by atoms with Gasteiger partial charge >= 0.3 is 0 Å². The van der Waals surface area contributed by atoms with Crippen LogP contribution < -0.4 is 5.32 Å². The largest absolute Gasteiger partial charge is 0.376 e. The molecule has 0 bridgehead atoms. The first-order valence-corrected chi connectivity index (χ1v) is 4.07. The Morgan fingerprint density at radius 3 is 2.73 bits per heavy atom. The fraction of sp³-hybridized carbons (Fsp3) is 0.875. The predicted molar refractivity (Wildman–Crippen MR) is 42.3 cm³/mol. The Hall–Kier alpha value is -0.570. The standard InChI is InChI=1S/C8H15NO2/c1-6-3-4-8(5-11-6)9-7(2)10/h6,8H,3-5H2,1-2H3,(H,9,10). The van der Waals surface area contributed by atoms with Crippen molar-refractivity contribution in [2.75, 3.05) is 6.61 Å². The van der Waals surface area contributed by atoms with E-state index >= 15 is 0 Å². The first-order chi connectivity index (χ1) is 5.18. The van der Waals surface area contributed by atoms with Crippen molar-refractivity contribution in [2.24, 2.45) is 0 Å². The minimum absolute atomic E-state index is 0.0353. The molecule has 64 valence electrons. The Bertz CT molecular complexity index is 139. The number of hydrogen-bond donors (Lipinski definition) is 1. The minimum atomic E-state index is 0.0353. The first-order valence-electron chi connectivity index (χ1n) is 4.07. The van der Waals surface area contributed by atoms with Gasteiger partial charge in [-0.05, 0) is 19.8 Å². The average molecular weight is 157 g/mol. The number of nitrogens with one attached hydrogen (secondary N) is 1. The first kappa shape index (κ1) is 8.53. The highest BCUT2D eigenvalue weighted by Gasteiger charge is 2.18. The van der Waals surface area contributed by atoms with Crippen LogP contribution in [-0.2, 0) is 9.53 Å². The topological polar surface area (TPSA) is 38.3 Å².